The zero-order chi connectivity index (χ0) is 12.6. The summed E-state index contributed by atoms with van der Waals surface area (Å²) in [6.45, 7) is 3.75. The topological polar surface area (TPSA) is 57.6 Å². The van der Waals surface area contributed by atoms with Crippen LogP contribution in [0.2, 0.25) is 0 Å². The molecule has 0 spiro atoms. The molecule has 1 aromatic rings. The number of carbonyl (C=O) groups is 2. The summed E-state index contributed by atoms with van der Waals surface area (Å²) in [5.74, 6) is -1.02. The highest BCUT2D eigenvalue weighted by molar-refractivity contribution is 6.52. The number of rotatable bonds is 3. The first-order valence-corrected chi connectivity index (χ1v) is 5.71. The number of aryl methyl sites for hydroxylation is 1. The molecule has 2 rings (SSSR count). The van der Waals surface area contributed by atoms with Crippen LogP contribution in [0.5, 0.6) is 0 Å². The first kappa shape index (κ1) is 11.8. The molecule has 1 amide bonds. The summed E-state index contributed by atoms with van der Waals surface area (Å²) in [7, 11) is 0. The maximum Gasteiger partial charge on any atom is 0.299 e. The molecule has 1 aliphatic rings. The Morgan fingerprint density at radius 3 is 2.65 bits per heavy atom. The van der Waals surface area contributed by atoms with E-state index in [9.17, 15) is 14.7 Å². The van der Waals surface area contributed by atoms with Gasteiger partial charge in [-0.3, -0.25) is 9.59 Å². The first-order chi connectivity index (χ1) is 8.04. The largest absolute Gasteiger partial charge is 0.392 e. The summed E-state index contributed by atoms with van der Waals surface area (Å²) in [5.41, 5.74) is 2.09. The van der Waals surface area contributed by atoms with E-state index >= 15 is 0 Å². The number of Topliss-reactive ketones (excluding diaryl/α,β-unsaturated/α-hetero) is 1. The Bertz CT molecular complexity index is 480. The lowest BCUT2D eigenvalue weighted by molar-refractivity contribution is -0.114. The van der Waals surface area contributed by atoms with Gasteiger partial charge in [-0.15, -0.1) is 0 Å². The third-order valence-corrected chi connectivity index (χ3v) is 2.89. The quantitative estimate of drug-likeness (QED) is 0.797. The van der Waals surface area contributed by atoms with Crippen molar-refractivity contribution < 1.29 is 14.7 Å². The minimum absolute atomic E-state index is 0.156. The number of nitrogens with zero attached hydrogens (tertiary/aromatic N) is 1. The van der Waals surface area contributed by atoms with Gasteiger partial charge in [0.25, 0.3) is 11.7 Å². The number of anilines is 1. The van der Waals surface area contributed by atoms with E-state index in [4.69, 9.17) is 0 Å². The zero-order valence-electron chi connectivity index (χ0n) is 9.93. The van der Waals surface area contributed by atoms with E-state index in [0.29, 0.717) is 11.3 Å². The summed E-state index contributed by atoms with van der Waals surface area (Å²) < 4.78 is 0. The Morgan fingerprint density at radius 2 is 2.06 bits per heavy atom. The number of carbonyl (C=O) groups excluding carboxylic acids is 2. The van der Waals surface area contributed by atoms with Crippen molar-refractivity contribution >= 4 is 17.4 Å². The Hall–Kier alpha value is -1.68. The predicted molar refractivity (Wildman–Crippen MR) is 64.2 cm³/mol. The number of benzene rings is 1. The van der Waals surface area contributed by atoms with Gasteiger partial charge in [0.05, 0.1) is 23.9 Å². The van der Waals surface area contributed by atoms with E-state index in [1.54, 1.807) is 19.1 Å². The first-order valence-electron chi connectivity index (χ1n) is 5.71. The average Bonchev–Trinajstić information content (AvgIpc) is 2.54. The predicted octanol–water partition coefficient (Wildman–Crippen LogP) is 1.16. The van der Waals surface area contributed by atoms with Crippen LogP contribution in [0, 0.1) is 0 Å². The minimum atomic E-state index is -0.649. The lowest BCUT2D eigenvalue weighted by Gasteiger charge is -2.18. The molecule has 0 bridgehead atoms. The highest BCUT2D eigenvalue weighted by Crippen LogP contribution is 2.29. The van der Waals surface area contributed by atoms with Gasteiger partial charge in [-0.25, -0.2) is 0 Å². The second kappa shape index (κ2) is 4.30. The molecule has 0 radical (unpaired) electrons. The van der Waals surface area contributed by atoms with E-state index in [1.165, 1.54) is 4.90 Å². The van der Waals surface area contributed by atoms with E-state index in [1.807, 2.05) is 13.0 Å². The average molecular weight is 233 g/mol. The van der Waals surface area contributed by atoms with Gasteiger partial charge in [-0.2, -0.15) is 0 Å². The molecule has 0 aliphatic carbocycles. The van der Waals surface area contributed by atoms with Gasteiger partial charge in [0.2, 0.25) is 0 Å². The normalized spacial score (nSPS) is 16.3. The van der Waals surface area contributed by atoms with Crippen LogP contribution in [-0.4, -0.2) is 29.4 Å². The number of aliphatic hydroxyl groups excluding tert-OH is 1. The number of hydrogen-bond donors (Lipinski definition) is 1. The fourth-order valence-electron chi connectivity index (χ4n) is 2.01. The molecule has 0 saturated carbocycles. The maximum absolute atomic E-state index is 11.8. The molecule has 0 saturated heterocycles. The van der Waals surface area contributed by atoms with Gasteiger partial charge in [0.15, 0.2) is 0 Å². The van der Waals surface area contributed by atoms with Crippen LogP contribution >= 0.6 is 0 Å². The molecule has 0 aromatic heterocycles. The molecule has 1 atom stereocenters. The fraction of sp³-hybridized carbons (Fsp3) is 0.385. The molecular formula is C13H15NO3. The van der Waals surface area contributed by atoms with E-state index < -0.39 is 17.8 Å². The van der Waals surface area contributed by atoms with Crippen molar-refractivity contribution in [1.29, 1.82) is 0 Å². The Kier molecular flexibility index (Phi) is 2.98. The summed E-state index contributed by atoms with van der Waals surface area (Å²) in [4.78, 5) is 24.9. The van der Waals surface area contributed by atoms with Gasteiger partial charge in [-0.1, -0.05) is 13.0 Å². The van der Waals surface area contributed by atoms with Crippen molar-refractivity contribution in [3.8, 4) is 0 Å². The van der Waals surface area contributed by atoms with Crippen LogP contribution < -0.4 is 4.90 Å². The van der Waals surface area contributed by atoms with Crippen molar-refractivity contribution in [3.63, 3.8) is 0 Å². The van der Waals surface area contributed by atoms with Crippen molar-refractivity contribution in [2.75, 3.05) is 11.4 Å². The van der Waals surface area contributed by atoms with Crippen LogP contribution in [0.4, 0.5) is 5.69 Å². The Balaban J connectivity index is 2.43. The number of fused-ring (bicyclic) bond motifs is 1. The smallest absolute Gasteiger partial charge is 0.299 e. The lowest BCUT2D eigenvalue weighted by atomic mass is 10.1. The Labute approximate surface area is 99.9 Å². The molecule has 90 valence electrons. The van der Waals surface area contributed by atoms with Gasteiger partial charge < -0.3 is 10.0 Å². The summed E-state index contributed by atoms with van der Waals surface area (Å²) >= 11 is 0. The molecule has 4 nitrogen and oxygen atoms in total. The van der Waals surface area contributed by atoms with Crippen LogP contribution in [-0.2, 0) is 11.2 Å². The second-order valence-electron chi connectivity index (χ2n) is 4.30. The molecule has 1 unspecified atom stereocenters. The summed E-state index contributed by atoms with van der Waals surface area (Å²) in [6, 6.07) is 5.44. The summed E-state index contributed by atoms with van der Waals surface area (Å²) in [5, 5.41) is 9.34. The lowest BCUT2D eigenvalue weighted by Crippen LogP contribution is -2.35. The van der Waals surface area contributed by atoms with E-state index in [-0.39, 0.29) is 6.54 Å². The molecule has 17 heavy (non-hydrogen) atoms. The van der Waals surface area contributed by atoms with Gasteiger partial charge in [0.1, 0.15) is 0 Å². The number of amides is 1. The number of hydrogen-bond acceptors (Lipinski definition) is 3. The minimum Gasteiger partial charge on any atom is -0.392 e. The number of ketones is 1. The highest BCUT2D eigenvalue weighted by Gasteiger charge is 2.36. The molecule has 4 heteroatoms. The maximum atomic E-state index is 11.8. The molecular weight excluding hydrogens is 218 g/mol. The third kappa shape index (κ3) is 1.96. The molecule has 1 aliphatic heterocycles. The second-order valence-corrected chi connectivity index (χ2v) is 4.30. The van der Waals surface area contributed by atoms with Crippen molar-refractivity contribution in [2.45, 2.75) is 26.4 Å². The van der Waals surface area contributed by atoms with E-state index in [2.05, 4.69) is 0 Å². The molecule has 1 N–H and O–H groups in total. The highest BCUT2D eigenvalue weighted by atomic mass is 16.3. The van der Waals surface area contributed by atoms with Crippen molar-refractivity contribution in [3.05, 3.63) is 29.3 Å². The standard InChI is InChI=1S/C13H15NO3/c1-3-9-4-5-11-10(6-9)12(16)13(17)14(11)7-8(2)15/h4-6,8,15H,3,7H2,1-2H3. The van der Waals surface area contributed by atoms with Crippen LogP contribution in [0.1, 0.15) is 29.8 Å². The van der Waals surface area contributed by atoms with Crippen LogP contribution in [0.3, 0.4) is 0 Å². The molecule has 1 aromatic carbocycles. The molecule has 0 fully saturated rings. The number of aliphatic hydroxyl groups is 1. The number of β-amino-alcohol motifs (C(OH)–C–C–N with tert-alkyl or cyclic N) is 1. The van der Waals surface area contributed by atoms with Crippen molar-refractivity contribution in [1.82, 2.24) is 0 Å². The SMILES string of the molecule is CCc1ccc2c(c1)C(=O)C(=O)N2CC(C)O. The van der Waals surface area contributed by atoms with Crippen LogP contribution in [0.15, 0.2) is 18.2 Å². The molecule has 1 heterocycles. The Morgan fingerprint density at radius 1 is 1.35 bits per heavy atom. The van der Waals surface area contributed by atoms with Gasteiger partial charge in [0, 0.05) is 0 Å². The van der Waals surface area contributed by atoms with Gasteiger partial charge >= 0.3 is 0 Å². The van der Waals surface area contributed by atoms with Gasteiger partial charge in [-0.05, 0) is 31.0 Å². The fourth-order valence-corrected chi connectivity index (χ4v) is 2.01. The van der Waals surface area contributed by atoms with E-state index in [0.717, 1.165) is 12.0 Å². The van der Waals surface area contributed by atoms with Crippen LogP contribution in [0.25, 0.3) is 0 Å². The summed E-state index contributed by atoms with van der Waals surface area (Å²) in [6.07, 6.45) is 0.175. The third-order valence-electron chi connectivity index (χ3n) is 2.89. The van der Waals surface area contributed by atoms with Crippen molar-refractivity contribution in [2.24, 2.45) is 0 Å². The monoisotopic (exact) mass is 233 g/mol. The zero-order valence-corrected chi connectivity index (χ0v) is 9.93.